The predicted molar refractivity (Wildman–Crippen MR) is 103 cm³/mol. The number of hydrogen-bond donors (Lipinski definition) is 1. The number of nitrogens with one attached hydrogen (secondary N) is 1. The van der Waals surface area contributed by atoms with Crippen LogP contribution >= 0.6 is 0 Å². The fraction of sp³-hybridized carbons (Fsp3) is 0.409. The summed E-state index contributed by atoms with van der Waals surface area (Å²) >= 11 is 0. The molecule has 0 fully saturated rings. The average Bonchev–Trinajstić information content (AvgIpc) is 2.51. The van der Waals surface area contributed by atoms with Crippen LogP contribution in [-0.4, -0.2) is 11.4 Å². The summed E-state index contributed by atoms with van der Waals surface area (Å²) in [4.78, 5) is 12.8. The van der Waals surface area contributed by atoms with Crippen molar-refractivity contribution in [1.29, 1.82) is 0 Å². The Morgan fingerprint density at radius 1 is 0.920 bits per heavy atom. The lowest BCUT2D eigenvalue weighted by molar-refractivity contribution is 0.0887. The van der Waals surface area contributed by atoms with E-state index >= 15 is 0 Å². The Labute approximate surface area is 151 Å². The lowest BCUT2D eigenvalue weighted by Gasteiger charge is -2.33. The second-order valence-corrected chi connectivity index (χ2v) is 8.35. The third-order valence-electron chi connectivity index (χ3n) is 3.79. The van der Waals surface area contributed by atoms with Crippen LogP contribution < -0.4 is 10.1 Å². The number of hydrogen-bond acceptors (Lipinski definition) is 2. The Hall–Kier alpha value is -2.29. The number of carbonyl (C=O) groups excluding carboxylic acids is 1. The van der Waals surface area contributed by atoms with Gasteiger partial charge in [-0.25, -0.2) is 0 Å². The molecule has 2 aromatic rings. The van der Waals surface area contributed by atoms with Crippen molar-refractivity contribution in [3.8, 4) is 5.75 Å². The monoisotopic (exact) mass is 339 g/mol. The minimum absolute atomic E-state index is 0.0992. The van der Waals surface area contributed by atoms with Crippen molar-refractivity contribution in [2.45, 2.75) is 53.2 Å². The molecule has 25 heavy (non-hydrogen) atoms. The molecule has 0 atom stereocenters. The van der Waals surface area contributed by atoms with Gasteiger partial charge in [-0.2, -0.15) is 0 Å². The molecule has 0 bridgehead atoms. The standard InChI is InChI=1S/C22H29NO2/c1-21(2,3)16-22(4,5)23-20(24)18-13-9-10-14-19(18)25-15-17-11-7-6-8-12-17/h6-14H,15-16H2,1-5H3,(H,23,24). The Bertz CT molecular complexity index is 699. The molecule has 2 rings (SSSR count). The Morgan fingerprint density at radius 3 is 2.16 bits per heavy atom. The van der Waals surface area contributed by atoms with Crippen molar-refractivity contribution < 1.29 is 9.53 Å². The first-order valence-electron chi connectivity index (χ1n) is 8.75. The molecule has 0 radical (unpaired) electrons. The molecule has 3 heteroatoms. The Balaban J connectivity index is 2.09. The zero-order valence-electron chi connectivity index (χ0n) is 15.9. The third-order valence-corrected chi connectivity index (χ3v) is 3.79. The summed E-state index contributed by atoms with van der Waals surface area (Å²) in [5.74, 6) is 0.508. The first-order valence-corrected chi connectivity index (χ1v) is 8.75. The highest BCUT2D eigenvalue weighted by Gasteiger charge is 2.28. The minimum Gasteiger partial charge on any atom is -0.488 e. The highest BCUT2D eigenvalue weighted by Crippen LogP contribution is 2.28. The number of benzene rings is 2. The summed E-state index contributed by atoms with van der Waals surface area (Å²) in [5, 5.41) is 3.15. The number of carbonyl (C=O) groups is 1. The van der Waals surface area contributed by atoms with E-state index in [9.17, 15) is 4.79 Å². The summed E-state index contributed by atoms with van der Waals surface area (Å²) in [7, 11) is 0. The second-order valence-electron chi connectivity index (χ2n) is 8.35. The topological polar surface area (TPSA) is 38.3 Å². The second kappa shape index (κ2) is 7.73. The van der Waals surface area contributed by atoms with Crippen LogP contribution in [0.5, 0.6) is 5.75 Å². The largest absolute Gasteiger partial charge is 0.488 e. The molecule has 1 N–H and O–H groups in total. The zero-order chi connectivity index (χ0) is 18.5. The fourth-order valence-electron chi connectivity index (χ4n) is 3.26. The number of ether oxygens (including phenoxy) is 1. The van der Waals surface area contributed by atoms with Crippen LogP contribution in [0.3, 0.4) is 0 Å². The van der Waals surface area contributed by atoms with Gasteiger partial charge in [0.1, 0.15) is 12.4 Å². The highest BCUT2D eigenvalue weighted by molar-refractivity contribution is 5.97. The minimum atomic E-state index is -0.290. The molecule has 134 valence electrons. The van der Waals surface area contributed by atoms with Crippen molar-refractivity contribution in [3.05, 3.63) is 65.7 Å². The van der Waals surface area contributed by atoms with Crippen LogP contribution in [0, 0.1) is 5.41 Å². The predicted octanol–water partition coefficient (Wildman–Crippen LogP) is 5.21. The van der Waals surface area contributed by atoms with E-state index in [2.05, 4.69) is 39.9 Å². The average molecular weight is 339 g/mol. The van der Waals surface area contributed by atoms with Gasteiger partial charge in [-0.05, 0) is 43.4 Å². The molecule has 3 nitrogen and oxygen atoms in total. The van der Waals surface area contributed by atoms with E-state index in [1.807, 2.05) is 54.6 Å². The molecule has 0 aliphatic carbocycles. The molecule has 0 saturated carbocycles. The molecule has 0 unspecified atom stereocenters. The lowest BCUT2D eigenvalue weighted by Crippen LogP contribution is -2.45. The van der Waals surface area contributed by atoms with Gasteiger partial charge >= 0.3 is 0 Å². The lowest BCUT2D eigenvalue weighted by atomic mass is 9.81. The van der Waals surface area contributed by atoms with E-state index in [-0.39, 0.29) is 16.9 Å². The van der Waals surface area contributed by atoms with Gasteiger partial charge < -0.3 is 10.1 Å². The van der Waals surface area contributed by atoms with E-state index in [0.29, 0.717) is 17.9 Å². The SMILES string of the molecule is CC(C)(C)CC(C)(C)NC(=O)c1ccccc1OCc1ccccc1. The number of rotatable bonds is 6. The quantitative estimate of drug-likeness (QED) is 0.784. The molecular weight excluding hydrogens is 310 g/mol. The third kappa shape index (κ3) is 6.26. The summed E-state index contributed by atoms with van der Waals surface area (Å²) < 4.78 is 5.90. The van der Waals surface area contributed by atoms with Crippen molar-refractivity contribution in [2.75, 3.05) is 0 Å². The maximum Gasteiger partial charge on any atom is 0.255 e. The van der Waals surface area contributed by atoms with Crippen LogP contribution in [0.25, 0.3) is 0 Å². The summed E-state index contributed by atoms with van der Waals surface area (Å²) in [6.07, 6.45) is 0.888. The van der Waals surface area contributed by atoms with Crippen LogP contribution in [0.15, 0.2) is 54.6 Å². The molecule has 0 aliphatic heterocycles. The van der Waals surface area contributed by atoms with E-state index in [4.69, 9.17) is 4.74 Å². The smallest absolute Gasteiger partial charge is 0.255 e. The van der Waals surface area contributed by atoms with Gasteiger partial charge in [-0.1, -0.05) is 63.2 Å². The Kier molecular flexibility index (Phi) is 5.89. The summed E-state index contributed by atoms with van der Waals surface area (Å²) in [5.41, 5.74) is 1.49. The molecule has 0 spiro atoms. The number of para-hydroxylation sites is 1. The van der Waals surface area contributed by atoms with Crippen molar-refractivity contribution in [3.63, 3.8) is 0 Å². The van der Waals surface area contributed by atoms with Gasteiger partial charge in [0.15, 0.2) is 0 Å². The molecule has 0 heterocycles. The fourth-order valence-corrected chi connectivity index (χ4v) is 3.26. The maximum atomic E-state index is 12.8. The van der Waals surface area contributed by atoms with Crippen LogP contribution in [0.2, 0.25) is 0 Å². The van der Waals surface area contributed by atoms with E-state index in [1.165, 1.54) is 0 Å². The van der Waals surface area contributed by atoms with Crippen molar-refractivity contribution in [1.82, 2.24) is 5.32 Å². The first-order chi connectivity index (χ1) is 11.7. The normalized spacial score (nSPS) is 11.9. The molecule has 0 aromatic heterocycles. The van der Waals surface area contributed by atoms with Gasteiger partial charge in [-0.3, -0.25) is 4.79 Å². The molecule has 2 aromatic carbocycles. The summed E-state index contributed by atoms with van der Waals surface area (Å²) in [6.45, 7) is 11.1. The van der Waals surface area contributed by atoms with E-state index in [0.717, 1.165) is 12.0 Å². The molecule has 0 aliphatic rings. The molecular formula is C22H29NO2. The van der Waals surface area contributed by atoms with Gasteiger partial charge in [0.25, 0.3) is 5.91 Å². The van der Waals surface area contributed by atoms with Crippen LogP contribution in [0.4, 0.5) is 0 Å². The van der Waals surface area contributed by atoms with Crippen molar-refractivity contribution in [2.24, 2.45) is 5.41 Å². The molecule has 1 amide bonds. The van der Waals surface area contributed by atoms with Gasteiger partial charge in [-0.15, -0.1) is 0 Å². The van der Waals surface area contributed by atoms with Gasteiger partial charge in [0.05, 0.1) is 5.56 Å². The Morgan fingerprint density at radius 2 is 1.52 bits per heavy atom. The highest BCUT2D eigenvalue weighted by atomic mass is 16.5. The van der Waals surface area contributed by atoms with Crippen molar-refractivity contribution >= 4 is 5.91 Å². The van der Waals surface area contributed by atoms with Crippen LogP contribution in [-0.2, 0) is 6.61 Å². The molecule has 0 saturated heterocycles. The van der Waals surface area contributed by atoms with E-state index < -0.39 is 0 Å². The number of amides is 1. The van der Waals surface area contributed by atoms with Gasteiger partial charge in [0.2, 0.25) is 0 Å². The maximum absolute atomic E-state index is 12.8. The van der Waals surface area contributed by atoms with Gasteiger partial charge in [0, 0.05) is 5.54 Å². The first kappa shape index (κ1) is 19.0. The van der Waals surface area contributed by atoms with Crippen LogP contribution in [0.1, 0.15) is 57.0 Å². The van der Waals surface area contributed by atoms with E-state index in [1.54, 1.807) is 0 Å². The zero-order valence-corrected chi connectivity index (χ0v) is 15.9. The summed E-state index contributed by atoms with van der Waals surface area (Å²) in [6, 6.07) is 17.3.